The van der Waals surface area contributed by atoms with Gasteiger partial charge >= 0.3 is 11.9 Å². The molecule has 0 fully saturated rings. The summed E-state index contributed by atoms with van der Waals surface area (Å²) in [5.74, 6) is -2.74. The van der Waals surface area contributed by atoms with Crippen LogP contribution in [0.2, 0.25) is 0 Å². The van der Waals surface area contributed by atoms with Crippen molar-refractivity contribution >= 4 is 22.7 Å². The zero-order valence-corrected chi connectivity index (χ0v) is 14.1. The van der Waals surface area contributed by atoms with E-state index in [2.05, 4.69) is 40.3 Å². The Morgan fingerprint density at radius 3 is 2.07 bits per heavy atom. The van der Waals surface area contributed by atoms with Crippen molar-refractivity contribution in [3.05, 3.63) is 79.5 Å². The van der Waals surface area contributed by atoms with E-state index in [1.165, 1.54) is 10.9 Å². The Morgan fingerprint density at radius 1 is 0.852 bits per heavy atom. The smallest absolute Gasteiger partial charge is 0.414 e. The monoisotopic (exact) mass is 361 g/mol. The molecule has 7 heteroatoms. The quantitative estimate of drug-likeness (QED) is 0.531. The molecular weight excluding hydrogens is 346 g/mol. The molecule has 2 aromatic carbocycles. The van der Waals surface area contributed by atoms with E-state index in [4.69, 9.17) is 19.8 Å². The molecule has 0 aliphatic heterocycles. The van der Waals surface area contributed by atoms with E-state index in [0.717, 1.165) is 16.8 Å². The van der Waals surface area contributed by atoms with Gasteiger partial charge in [0.05, 0.1) is 0 Å². The van der Waals surface area contributed by atoms with Crippen LogP contribution in [0.15, 0.2) is 79.5 Å². The highest BCUT2D eigenvalue weighted by atomic mass is 16.4. The van der Waals surface area contributed by atoms with E-state index in [9.17, 15) is 0 Å². The number of aromatic nitrogens is 3. The van der Waals surface area contributed by atoms with Gasteiger partial charge in [0.2, 0.25) is 0 Å². The van der Waals surface area contributed by atoms with Crippen molar-refractivity contribution in [3.63, 3.8) is 0 Å². The standard InChI is InChI=1S/C18H13N3.C2H2O4/c1-2-6-14(7-3-1)17-12-20-18(21-11-10-19-13-21)16-9-5-4-8-15(16)17;3-1(4)2(5)6/h1-13H;(H,3,4)(H,5,6). The van der Waals surface area contributed by atoms with Crippen molar-refractivity contribution in [2.24, 2.45) is 0 Å². The molecule has 0 unspecified atom stereocenters. The Labute approximate surface area is 154 Å². The molecule has 7 nitrogen and oxygen atoms in total. The number of nitrogens with zero attached hydrogens (tertiary/aromatic N) is 3. The fourth-order valence-electron chi connectivity index (χ4n) is 2.62. The molecule has 2 aromatic heterocycles. The molecule has 4 rings (SSSR count). The molecule has 0 saturated heterocycles. The van der Waals surface area contributed by atoms with E-state index in [0.29, 0.717) is 0 Å². The molecule has 2 heterocycles. The highest BCUT2D eigenvalue weighted by Crippen LogP contribution is 2.30. The van der Waals surface area contributed by atoms with Crippen molar-refractivity contribution in [1.82, 2.24) is 14.5 Å². The SMILES string of the molecule is O=C(O)C(=O)O.c1ccc(-c2cnc(-n3ccnc3)c3ccccc23)cc1. The van der Waals surface area contributed by atoms with E-state index in [1.54, 1.807) is 12.5 Å². The van der Waals surface area contributed by atoms with Gasteiger partial charge in [-0.25, -0.2) is 19.6 Å². The molecule has 0 saturated carbocycles. The molecule has 2 N–H and O–H groups in total. The van der Waals surface area contributed by atoms with Gasteiger partial charge in [-0.05, 0) is 10.9 Å². The van der Waals surface area contributed by atoms with Crippen molar-refractivity contribution in [2.45, 2.75) is 0 Å². The first kappa shape index (κ1) is 17.8. The Kier molecular flexibility index (Phi) is 5.22. The summed E-state index contributed by atoms with van der Waals surface area (Å²) >= 11 is 0. The van der Waals surface area contributed by atoms with Gasteiger partial charge < -0.3 is 10.2 Å². The van der Waals surface area contributed by atoms with Crippen LogP contribution < -0.4 is 0 Å². The average Bonchev–Trinajstić information content (AvgIpc) is 3.23. The van der Waals surface area contributed by atoms with E-state index < -0.39 is 11.9 Å². The molecule has 27 heavy (non-hydrogen) atoms. The number of rotatable bonds is 2. The van der Waals surface area contributed by atoms with Gasteiger partial charge in [0.15, 0.2) is 0 Å². The minimum absolute atomic E-state index is 0.905. The van der Waals surface area contributed by atoms with E-state index in [1.807, 2.05) is 41.2 Å². The summed E-state index contributed by atoms with van der Waals surface area (Å²) in [5.41, 5.74) is 2.33. The molecule has 0 bridgehead atoms. The lowest BCUT2D eigenvalue weighted by Crippen LogP contribution is -2.09. The third kappa shape index (κ3) is 3.98. The summed E-state index contributed by atoms with van der Waals surface area (Å²) in [4.78, 5) is 27.0. The lowest BCUT2D eigenvalue weighted by Gasteiger charge is -2.11. The number of hydrogen-bond donors (Lipinski definition) is 2. The second-order valence-electron chi connectivity index (χ2n) is 5.49. The number of imidazole rings is 1. The van der Waals surface area contributed by atoms with Crippen molar-refractivity contribution < 1.29 is 19.8 Å². The van der Waals surface area contributed by atoms with E-state index >= 15 is 0 Å². The zero-order valence-electron chi connectivity index (χ0n) is 14.1. The van der Waals surface area contributed by atoms with Gasteiger partial charge in [-0.2, -0.15) is 0 Å². The number of hydrogen-bond acceptors (Lipinski definition) is 4. The number of fused-ring (bicyclic) bond motifs is 1. The van der Waals surface area contributed by atoms with E-state index in [-0.39, 0.29) is 0 Å². The van der Waals surface area contributed by atoms with Gasteiger partial charge in [0.1, 0.15) is 12.1 Å². The molecular formula is C20H15N3O4. The maximum Gasteiger partial charge on any atom is 0.414 e. The van der Waals surface area contributed by atoms with Gasteiger partial charge in [0, 0.05) is 29.5 Å². The van der Waals surface area contributed by atoms with Crippen LogP contribution in [0.5, 0.6) is 0 Å². The van der Waals surface area contributed by atoms with Crippen LogP contribution in [-0.2, 0) is 9.59 Å². The normalized spacial score (nSPS) is 10.1. The lowest BCUT2D eigenvalue weighted by molar-refractivity contribution is -0.159. The van der Waals surface area contributed by atoms with Crippen LogP contribution in [0.25, 0.3) is 27.7 Å². The summed E-state index contributed by atoms with van der Waals surface area (Å²) < 4.78 is 1.94. The molecule has 4 aromatic rings. The summed E-state index contributed by atoms with van der Waals surface area (Å²) in [6, 6.07) is 18.7. The number of benzene rings is 2. The third-order valence-electron chi connectivity index (χ3n) is 3.79. The second kappa shape index (κ2) is 7.92. The number of pyridine rings is 1. The number of carboxylic acids is 2. The molecule has 0 radical (unpaired) electrons. The average molecular weight is 361 g/mol. The Bertz CT molecular complexity index is 1070. The number of aliphatic carboxylic acids is 2. The summed E-state index contributed by atoms with van der Waals surface area (Å²) in [5, 5.41) is 17.1. The molecule has 0 aliphatic rings. The Morgan fingerprint density at radius 2 is 1.48 bits per heavy atom. The highest BCUT2D eigenvalue weighted by molar-refractivity contribution is 6.27. The van der Waals surface area contributed by atoms with Gasteiger partial charge in [-0.15, -0.1) is 0 Å². The maximum atomic E-state index is 9.10. The maximum absolute atomic E-state index is 9.10. The zero-order chi connectivity index (χ0) is 19.2. The minimum Gasteiger partial charge on any atom is -0.473 e. The Hall–Kier alpha value is -4.00. The fraction of sp³-hybridized carbons (Fsp3) is 0. The highest BCUT2D eigenvalue weighted by Gasteiger charge is 2.09. The lowest BCUT2D eigenvalue weighted by atomic mass is 10.0. The fourth-order valence-corrected chi connectivity index (χ4v) is 2.62. The Balaban J connectivity index is 0.000000307. The van der Waals surface area contributed by atoms with Crippen LogP contribution in [0.3, 0.4) is 0 Å². The van der Waals surface area contributed by atoms with Crippen LogP contribution in [0.4, 0.5) is 0 Å². The predicted molar refractivity (Wildman–Crippen MR) is 99.6 cm³/mol. The van der Waals surface area contributed by atoms with Crippen LogP contribution in [-0.4, -0.2) is 36.7 Å². The van der Waals surface area contributed by atoms with Crippen molar-refractivity contribution in [2.75, 3.05) is 0 Å². The summed E-state index contributed by atoms with van der Waals surface area (Å²) in [7, 11) is 0. The number of carboxylic acid groups (broad SMARTS) is 2. The van der Waals surface area contributed by atoms with Crippen LogP contribution in [0.1, 0.15) is 0 Å². The summed E-state index contributed by atoms with van der Waals surface area (Å²) in [6.07, 6.45) is 7.39. The molecule has 134 valence electrons. The van der Waals surface area contributed by atoms with Gasteiger partial charge in [-0.1, -0.05) is 54.6 Å². The largest absolute Gasteiger partial charge is 0.473 e. The molecule has 0 aliphatic carbocycles. The van der Waals surface area contributed by atoms with Crippen LogP contribution in [0, 0.1) is 0 Å². The molecule has 0 atom stereocenters. The first-order valence-electron chi connectivity index (χ1n) is 7.95. The minimum atomic E-state index is -1.82. The third-order valence-corrected chi connectivity index (χ3v) is 3.79. The van der Waals surface area contributed by atoms with Gasteiger partial charge in [0.25, 0.3) is 0 Å². The number of carbonyl (C=O) groups is 2. The first-order chi connectivity index (χ1) is 13.1. The second-order valence-corrected chi connectivity index (χ2v) is 5.49. The van der Waals surface area contributed by atoms with Crippen molar-refractivity contribution in [1.29, 1.82) is 0 Å². The predicted octanol–water partition coefficient (Wildman–Crippen LogP) is 3.24. The van der Waals surface area contributed by atoms with Gasteiger partial charge in [-0.3, -0.25) is 4.57 Å². The molecule has 0 spiro atoms. The first-order valence-corrected chi connectivity index (χ1v) is 7.95. The topological polar surface area (TPSA) is 105 Å². The van der Waals surface area contributed by atoms with Crippen molar-refractivity contribution in [3.8, 4) is 16.9 Å². The summed E-state index contributed by atoms with van der Waals surface area (Å²) in [6.45, 7) is 0. The van der Waals surface area contributed by atoms with Crippen LogP contribution >= 0.6 is 0 Å². The molecule has 0 amide bonds.